The van der Waals surface area contributed by atoms with Crippen LogP contribution >= 0.6 is 0 Å². The molecule has 2 aliphatic heterocycles. The minimum absolute atomic E-state index is 0.304. The first-order valence-corrected chi connectivity index (χ1v) is 11.5. The highest BCUT2D eigenvalue weighted by atomic mass is 16.1. The molecule has 6 heteroatoms. The van der Waals surface area contributed by atoms with Gasteiger partial charge in [-0.25, -0.2) is 9.98 Å². The summed E-state index contributed by atoms with van der Waals surface area (Å²) in [6, 6.07) is 6.72. The molecule has 0 aromatic heterocycles. The third kappa shape index (κ3) is 4.31. The lowest BCUT2D eigenvalue weighted by Crippen LogP contribution is -2.33. The molecule has 1 aromatic carbocycles. The number of hydrogen-bond donors (Lipinski definition) is 1. The average molecular weight is 454 g/mol. The molecule has 34 heavy (non-hydrogen) atoms. The molecule has 0 amide bonds. The fourth-order valence-electron chi connectivity index (χ4n) is 4.51. The third-order valence-corrected chi connectivity index (χ3v) is 6.58. The van der Waals surface area contributed by atoms with Crippen LogP contribution in [-0.2, 0) is 24.2 Å². The summed E-state index contributed by atoms with van der Waals surface area (Å²) in [4.78, 5) is 24.4. The smallest absolute Gasteiger partial charge is 0.185 e. The van der Waals surface area contributed by atoms with Crippen molar-refractivity contribution in [3.05, 3.63) is 107 Å². The van der Waals surface area contributed by atoms with E-state index in [9.17, 15) is 4.79 Å². The van der Waals surface area contributed by atoms with Crippen molar-refractivity contribution in [3.63, 3.8) is 0 Å². The molecule has 2 N–H and O–H groups in total. The summed E-state index contributed by atoms with van der Waals surface area (Å²) in [6.45, 7) is 17.8. The summed E-state index contributed by atoms with van der Waals surface area (Å²) in [5, 5.41) is 0. The number of rotatable bonds is 7. The highest BCUT2D eigenvalue weighted by molar-refractivity contribution is 6.31. The molecule has 0 atom stereocenters. The van der Waals surface area contributed by atoms with Gasteiger partial charge in [0.1, 0.15) is 5.82 Å². The second-order valence-electron chi connectivity index (χ2n) is 8.79. The van der Waals surface area contributed by atoms with Gasteiger partial charge in [0.25, 0.3) is 0 Å². The third-order valence-electron chi connectivity index (χ3n) is 6.58. The van der Waals surface area contributed by atoms with E-state index >= 15 is 0 Å². The number of aryl methyl sites for hydroxylation is 2. The van der Waals surface area contributed by atoms with Gasteiger partial charge in [-0.1, -0.05) is 50.6 Å². The molecule has 6 nitrogen and oxygen atoms in total. The van der Waals surface area contributed by atoms with E-state index in [0.29, 0.717) is 23.9 Å². The van der Waals surface area contributed by atoms with Crippen LogP contribution in [0.15, 0.2) is 101 Å². The molecule has 0 bridgehead atoms. The predicted octanol–water partition coefficient (Wildman–Crippen LogP) is 4.19. The maximum Gasteiger partial charge on any atom is 0.185 e. The van der Waals surface area contributed by atoms with E-state index in [2.05, 4.69) is 59.4 Å². The predicted molar refractivity (Wildman–Crippen MR) is 139 cm³/mol. The van der Waals surface area contributed by atoms with Gasteiger partial charge in [-0.15, -0.1) is 0 Å². The first-order chi connectivity index (χ1) is 16.3. The molecule has 1 aliphatic carbocycles. The van der Waals surface area contributed by atoms with Crippen LogP contribution in [0.2, 0.25) is 0 Å². The van der Waals surface area contributed by atoms with Crippen molar-refractivity contribution in [1.82, 2.24) is 9.80 Å². The minimum atomic E-state index is 0.304. The number of aliphatic imine (C=N–C) groups is 2. The number of amidine groups is 2. The van der Waals surface area contributed by atoms with Gasteiger partial charge < -0.3 is 15.5 Å². The van der Waals surface area contributed by atoms with E-state index in [0.717, 1.165) is 66.8 Å². The molecule has 174 valence electrons. The van der Waals surface area contributed by atoms with Gasteiger partial charge >= 0.3 is 0 Å². The van der Waals surface area contributed by atoms with Crippen LogP contribution in [0.3, 0.4) is 0 Å². The molecule has 2 heterocycles. The van der Waals surface area contributed by atoms with Gasteiger partial charge in [-0.05, 0) is 54.0 Å². The van der Waals surface area contributed by atoms with E-state index in [4.69, 9.17) is 5.73 Å². The molecule has 1 aromatic rings. The topological polar surface area (TPSA) is 74.3 Å². The van der Waals surface area contributed by atoms with Crippen molar-refractivity contribution in [2.45, 2.75) is 32.2 Å². The Hall–Kier alpha value is -3.93. The van der Waals surface area contributed by atoms with Gasteiger partial charge in [0, 0.05) is 31.3 Å². The van der Waals surface area contributed by atoms with Crippen LogP contribution in [0.1, 0.15) is 29.5 Å². The van der Waals surface area contributed by atoms with Crippen molar-refractivity contribution < 1.29 is 4.79 Å². The van der Waals surface area contributed by atoms with Crippen molar-refractivity contribution >= 4 is 18.0 Å². The van der Waals surface area contributed by atoms with Crippen molar-refractivity contribution in [2.24, 2.45) is 15.7 Å². The maximum atomic E-state index is 11.5. The summed E-state index contributed by atoms with van der Waals surface area (Å²) in [5.74, 6) is 1.40. The van der Waals surface area contributed by atoms with Crippen molar-refractivity contribution in [2.75, 3.05) is 13.6 Å². The monoisotopic (exact) mass is 453 g/mol. The number of likely N-dealkylation sites (N-methyl/N-ethyl adjacent to an activating group) is 1. The fraction of sp³-hybridized carbons (Fsp3) is 0.250. The Morgan fingerprint density at radius 1 is 1.21 bits per heavy atom. The number of nitrogens with two attached hydrogens (primary N) is 1. The Labute approximate surface area is 201 Å². The number of benzene rings is 1. The Morgan fingerprint density at radius 3 is 2.71 bits per heavy atom. The van der Waals surface area contributed by atoms with Crippen LogP contribution in [0, 0.1) is 0 Å². The number of hydrogen-bond acceptors (Lipinski definition) is 6. The molecule has 0 unspecified atom stereocenters. The van der Waals surface area contributed by atoms with Crippen molar-refractivity contribution in [3.8, 4) is 0 Å². The number of allylic oxidation sites excluding steroid dienone is 4. The number of carbonyl (C=O) groups excluding carboxylic acids is 1. The number of nitrogens with zero attached hydrogens (tertiary/aromatic N) is 4. The normalized spacial score (nSPS) is 19.3. The molecule has 0 spiro atoms. The average Bonchev–Trinajstić information content (AvgIpc) is 3.05. The molecular formula is C28H31N5O. The summed E-state index contributed by atoms with van der Waals surface area (Å²) >= 11 is 0. The molecule has 3 aliphatic rings. The molecular weight excluding hydrogens is 422 g/mol. The van der Waals surface area contributed by atoms with Gasteiger partial charge in [-0.2, -0.15) is 0 Å². The van der Waals surface area contributed by atoms with Crippen molar-refractivity contribution in [1.29, 1.82) is 0 Å². The van der Waals surface area contributed by atoms with Gasteiger partial charge in [0.15, 0.2) is 18.0 Å². The van der Waals surface area contributed by atoms with E-state index in [1.807, 2.05) is 0 Å². The number of carbonyl (C=O) groups is 1. The van der Waals surface area contributed by atoms with Gasteiger partial charge in [0.2, 0.25) is 0 Å². The zero-order valence-corrected chi connectivity index (χ0v) is 19.8. The molecule has 0 saturated carbocycles. The number of aldehydes is 1. The SMILES string of the molecule is C=C/C=C1/N=C(C(=C)CCc2ccc3c(c2)CN(C2=C(N)C(=C)C2=C)CCC3)N=C(C=O)N1C. The first-order valence-electron chi connectivity index (χ1n) is 11.5. The molecule has 0 saturated heterocycles. The Kier molecular flexibility index (Phi) is 6.50. The first kappa shape index (κ1) is 23.2. The van der Waals surface area contributed by atoms with Crippen LogP contribution in [0.4, 0.5) is 0 Å². The summed E-state index contributed by atoms with van der Waals surface area (Å²) in [7, 11) is 1.75. The lowest BCUT2D eigenvalue weighted by molar-refractivity contribution is -0.103. The zero-order valence-electron chi connectivity index (χ0n) is 19.8. The second-order valence-corrected chi connectivity index (χ2v) is 8.79. The second kappa shape index (κ2) is 9.51. The van der Waals surface area contributed by atoms with E-state index in [-0.39, 0.29) is 0 Å². The standard InChI is InChI=1S/C28H31N5O/c1-6-8-24-30-28(31-25(17-34)32(24)5)18(2)10-11-21-12-13-22-9-7-14-33(16-23(22)15-21)27-20(4)19(3)26(27)29/h6,8,12-13,15,17H,1-4,7,9-11,14,16,29H2,5H3/b24-8-. The Balaban J connectivity index is 1.49. The molecule has 0 radical (unpaired) electrons. The van der Waals surface area contributed by atoms with E-state index in [1.54, 1.807) is 24.1 Å². The van der Waals surface area contributed by atoms with Gasteiger partial charge in [-0.3, -0.25) is 4.79 Å². The molecule has 4 rings (SSSR count). The number of fused-ring (bicyclic) bond motifs is 1. The largest absolute Gasteiger partial charge is 0.397 e. The highest BCUT2D eigenvalue weighted by Crippen LogP contribution is 2.38. The lowest BCUT2D eigenvalue weighted by atomic mass is 9.88. The Bertz CT molecular complexity index is 1230. The van der Waals surface area contributed by atoms with E-state index in [1.165, 1.54) is 16.7 Å². The van der Waals surface area contributed by atoms with Crippen LogP contribution in [0.5, 0.6) is 0 Å². The fourth-order valence-corrected chi connectivity index (χ4v) is 4.51. The summed E-state index contributed by atoms with van der Waals surface area (Å²) in [5.41, 5.74) is 14.6. The summed E-state index contributed by atoms with van der Waals surface area (Å²) in [6.07, 6.45) is 7.74. The zero-order chi connectivity index (χ0) is 24.4. The maximum absolute atomic E-state index is 11.5. The van der Waals surface area contributed by atoms with Gasteiger partial charge in [0.05, 0.1) is 11.4 Å². The Morgan fingerprint density at radius 2 is 2.00 bits per heavy atom. The minimum Gasteiger partial charge on any atom is -0.397 e. The molecule has 0 fully saturated rings. The van der Waals surface area contributed by atoms with Crippen LogP contribution < -0.4 is 5.73 Å². The van der Waals surface area contributed by atoms with E-state index < -0.39 is 0 Å². The quantitative estimate of drug-likeness (QED) is 0.629. The lowest BCUT2D eigenvalue weighted by Gasteiger charge is -2.36. The summed E-state index contributed by atoms with van der Waals surface area (Å²) < 4.78 is 0. The van der Waals surface area contributed by atoms with Crippen LogP contribution in [-0.4, -0.2) is 41.3 Å². The highest BCUT2D eigenvalue weighted by Gasteiger charge is 2.30. The van der Waals surface area contributed by atoms with Crippen LogP contribution in [0.25, 0.3) is 0 Å².